The molecule has 1 atom stereocenters. The third-order valence-corrected chi connectivity index (χ3v) is 2.24. The fourth-order valence-corrected chi connectivity index (χ4v) is 1.63. The SMILES string of the molecule is C1CNN(C2CCOC2)C1. The molecule has 0 aromatic rings. The maximum absolute atomic E-state index is 5.29. The first-order valence-corrected chi connectivity index (χ1v) is 4.05. The van der Waals surface area contributed by atoms with Crippen LogP contribution in [-0.4, -0.2) is 37.4 Å². The van der Waals surface area contributed by atoms with Crippen LogP contribution in [0.15, 0.2) is 0 Å². The van der Waals surface area contributed by atoms with Crippen molar-refractivity contribution in [3.63, 3.8) is 0 Å². The van der Waals surface area contributed by atoms with Gasteiger partial charge in [-0.3, -0.25) is 5.43 Å². The van der Waals surface area contributed by atoms with Crippen LogP contribution in [-0.2, 0) is 4.74 Å². The Hall–Kier alpha value is -0.120. The Balaban J connectivity index is 1.85. The van der Waals surface area contributed by atoms with Crippen molar-refractivity contribution >= 4 is 0 Å². The zero-order valence-corrected chi connectivity index (χ0v) is 6.18. The van der Waals surface area contributed by atoms with E-state index < -0.39 is 0 Å². The predicted octanol–water partition coefficient (Wildman–Crippen LogP) is -0.0144. The van der Waals surface area contributed by atoms with Crippen LogP contribution >= 0.6 is 0 Å². The highest BCUT2D eigenvalue weighted by molar-refractivity contribution is 4.75. The van der Waals surface area contributed by atoms with E-state index in [2.05, 4.69) is 10.4 Å². The molecular weight excluding hydrogens is 128 g/mol. The molecule has 3 nitrogen and oxygen atoms in total. The Bertz CT molecular complexity index is 92.2. The monoisotopic (exact) mass is 142 g/mol. The van der Waals surface area contributed by atoms with E-state index in [-0.39, 0.29) is 0 Å². The minimum absolute atomic E-state index is 0.655. The summed E-state index contributed by atoms with van der Waals surface area (Å²) in [6.45, 7) is 4.22. The number of hydrazine groups is 1. The molecule has 0 amide bonds. The van der Waals surface area contributed by atoms with Crippen molar-refractivity contribution in [2.24, 2.45) is 0 Å². The molecule has 10 heavy (non-hydrogen) atoms. The van der Waals surface area contributed by atoms with Crippen LogP contribution in [0.1, 0.15) is 12.8 Å². The molecule has 58 valence electrons. The largest absolute Gasteiger partial charge is 0.380 e. The first-order chi connectivity index (χ1) is 4.97. The molecule has 0 radical (unpaired) electrons. The van der Waals surface area contributed by atoms with Crippen molar-refractivity contribution in [3.05, 3.63) is 0 Å². The van der Waals surface area contributed by atoms with Crippen LogP contribution in [0.5, 0.6) is 0 Å². The van der Waals surface area contributed by atoms with E-state index in [1.54, 1.807) is 0 Å². The van der Waals surface area contributed by atoms with E-state index in [1.807, 2.05) is 0 Å². The van der Waals surface area contributed by atoms with Crippen LogP contribution in [0.3, 0.4) is 0 Å². The van der Waals surface area contributed by atoms with Crippen LogP contribution in [0.4, 0.5) is 0 Å². The molecule has 2 heterocycles. The molecule has 3 heteroatoms. The van der Waals surface area contributed by atoms with Crippen LogP contribution in [0, 0.1) is 0 Å². The Morgan fingerprint density at radius 2 is 2.50 bits per heavy atom. The number of nitrogens with zero attached hydrogens (tertiary/aromatic N) is 1. The molecule has 0 saturated carbocycles. The molecular formula is C7H14N2O. The van der Waals surface area contributed by atoms with Gasteiger partial charge in [0.25, 0.3) is 0 Å². The van der Waals surface area contributed by atoms with Crippen LogP contribution in [0.25, 0.3) is 0 Å². The minimum atomic E-state index is 0.655. The van der Waals surface area contributed by atoms with Gasteiger partial charge < -0.3 is 4.74 Å². The van der Waals surface area contributed by atoms with Crippen molar-refractivity contribution in [1.82, 2.24) is 10.4 Å². The molecule has 0 aromatic heterocycles. The Morgan fingerprint density at radius 1 is 1.50 bits per heavy atom. The molecule has 0 bridgehead atoms. The summed E-state index contributed by atoms with van der Waals surface area (Å²) in [4.78, 5) is 0. The molecule has 1 unspecified atom stereocenters. The van der Waals surface area contributed by atoms with Gasteiger partial charge in [0.1, 0.15) is 0 Å². The fourth-order valence-electron chi connectivity index (χ4n) is 1.63. The minimum Gasteiger partial charge on any atom is -0.380 e. The molecule has 2 aliphatic rings. The van der Waals surface area contributed by atoms with Crippen molar-refractivity contribution in [2.75, 3.05) is 26.3 Å². The molecule has 1 N–H and O–H groups in total. The van der Waals surface area contributed by atoms with E-state index in [4.69, 9.17) is 4.74 Å². The summed E-state index contributed by atoms with van der Waals surface area (Å²) in [5.41, 5.74) is 3.35. The maximum atomic E-state index is 5.29. The summed E-state index contributed by atoms with van der Waals surface area (Å²) < 4.78 is 5.29. The first kappa shape index (κ1) is 6.58. The number of hydrogen-bond acceptors (Lipinski definition) is 3. The van der Waals surface area contributed by atoms with Gasteiger partial charge in [-0.05, 0) is 12.8 Å². The second-order valence-corrected chi connectivity index (χ2v) is 2.97. The van der Waals surface area contributed by atoms with Gasteiger partial charge in [0.2, 0.25) is 0 Å². The molecule has 2 fully saturated rings. The lowest BCUT2D eigenvalue weighted by Crippen LogP contribution is -2.40. The van der Waals surface area contributed by atoms with Gasteiger partial charge in [0, 0.05) is 25.7 Å². The molecule has 0 aliphatic carbocycles. The van der Waals surface area contributed by atoms with Crippen LogP contribution in [0.2, 0.25) is 0 Å². The topological polar surface area (TPSA) is 24.5 Å². The lowest BCUT2D eigenvalue weighted by Gasteiger charge is -2.21. The molecule has 2 rings (SSSR count). The van der Waals surface area contributed by atoms with E-state index >= 15 is 0 Å². The number of rotatable bonds is 1. The number of hydrogen-bond donors (Lipinski definition) is 1. The highest BCUT2D eigenvalue weighted by Gasteiger charge is 2.24. The van der Waals surface area contributed by atoms with Crippen molar-refractivity contribution < 1.29 is 4.74 Å². The Labute approximate surface area is 61.3 Å². The maximum Gasteiger partial charge on any atom is 0.0636 e. The first-order valence-electron chi connectivity index (χ1n) is 4.05. The number of ether oxygens (including phenoxy) is 1. The normalized spacial score (nSPS) is 35.4. The predicted molar refractivity (Wildman–Crippen MR) is 38.5 cm³/mol. The zero-order valence-electron chi connectivity index (χ0n) is 6.18. The van der Waals surface area contributed by atoms with Gasteiger partial charge in [0.05, 0.1) is 6.61 Å². The Kier molecular flexibility index (Phi) is 1.88. The van der Waals surface area contributed by atoms with Crippen molar-refractivity contribution in [3.8, 4) is 0 Å². The van der Waals surface area contributed by atoms with E-state index in [1.165, 1.54) is 19.4 Å². The third-order valence-electron chi connectivity index (χ3n) is 2.24. The summed E-state index contributed by atoms with van der Waals surface area (Å²) in [6, 6.07) is 0.655. The van der Waals surface area contributed by atoms with Crippen LogP contribution < -0.4 is 5.43 Å². The second kappa shape index (κ2) is 2.86. The van der Waals surface area contributed by atoms with E-state index in [9.17, 15) is 0 Å². The molecule has 2 aliphatic heterocycles. The van der Waals surface area contributed by atoms with Gasteiger partial charge >= 0.3 is 0 Å². The summed E-state index contributed by atoms with van der Waals surface area (Å²) in [5, 5.41) is 2.33. The highest BCUT2D eigenvalue weighted by Crippen LogP contribution is 2.12. The summed E-state index contributed by atoms with van der Waals surface area (Å²) >= 11 is 0. The Morgan fingerprint density at radius 3 is 3.10 bits per heavy atom. The summed E-state index contributed by atoms with van der Waals surface area (Å²) in [5.74, 6) is 0. The average Bonchev–Trinajstić information content (AvgIpc) is 2.59. The van der Waals surface area contributed by atoms with Gasteiger partial charge in [-0.15, -0.1) is 0 Å². The molecule has 0 aromatic carbocycles. The molecule has 2 saturated heterocycles. The zero-order chi connectivity index (χ0) is 6.81. The van der Waals surface area contributed by atoms with Gasteiger partial charge in [-0.2, -0.15) is 0 Å². The van der Waals surface area contributed by atoms with Gasteiger partial charge in [-0.1, -0.05) is 0 Å². The number of nitrogens with one attached hydrogen (secondary N) is 1. The lowest BCUT2D eigenvalue weighted by atomic mass is 10.2. The van der Waals surface area contributed by atoms with Gasteiger partial charge in [0.15, 0.2) is 0 Å². The second-order valence-electron chi connectivity index (χ2n) is 2.97. The third kappa shape index (κ3) is 1.17. The van der Waals surface area contributed by atoms with E-state index in [0.717, 1.165) is 19.8 Å². The standard InChI is InChI=1S/C7H14N2O/c1-3-8-9(4-1)7-2-5-10-6-7/h7-8H,1-6H2. The quantitative estimate of drug-likeness (QED) is 0.557. The van der Waals surface area contributed by atoms with Crippen molar-refractivity contribution in [2.45, 2.75) is 18.9 Å². The smallest absolute Gasteiger partial charge is 0.0636 e. The fraction of sp³-hybridized carbons (Fsp3) is 1.00. The molecule has 0 spiro atoms. The van der Waals surface area contributed by atoms with Crippen molar-refractivity contribution in [1.29, 1.82) is 0 Å². The lowest BCUT2D eigenvalue weighted by molar-refractivity contribution is 0.132. The summed E-state index contributed by atoms with van der Waals surface area (Å²) in [6.07, 6.45) is 2.49. The van der Waals surface area contributed by atoms with Gasteiger partial charge in [-0.25, -0.2) is 5.01 Å². The highest BCUT2D eigenvalue weighted by atomic mass is 16.5. The van der Waals surface area contributed by atoms with E-state index in [0.29, 0.717) is 6.04 Å². The average molecular weight is 142 g/mol. The summed E-state index contributed by atoms with van der Waals surface area (Å²) in [7, 11) is 0.